The van der Waals surface area contributed by atoms with Gasteiger partial charge in [-0.05, 0) is 62.4 Å². The molecule has 2 aromatic carbocycles. The number of hydrogen-bond donors (Lipinski definition) is 2. The van der Waals surface area contributed by atoms with Crippen molar-refractivity contribution in [1.82, 2.24) is 0 Å². The number of hydrogen-bond acceptors (Lipinski definition) is 4. The molecule has 2 amide bonds. The summed E-state index contributed by atoms with van der Waals surface area (Å²) in [5.74, 6) is 0.402. The molecule has 0 saturated carbocycles. The maximum atomic E-state index is 12.3. The van der Waals surface area contributed by atoms with Crippen LogP contribution in [-0.2, 0) is 9.53 Å². The molecule has 2 aromatic rings. The summed E-state index contributed by atoms with van der Waals surface area (Å²) < 4.78 is 10.4. The number of anilines is 2. The molecule has 138 valence electrons. The van der Waals surface area contributed by atoms with Crippen LogP contribution in [0.3, 0.4) is 0 Å². The molecule has 1 atom stereocenters. The summed E-state index contributed by atoms with van der Waals surface area (Å²) in [7, 11) is 1.57. The Morgan fingerprint density at radius 1 is 0.962 bits per heavy atom. The van der Waals surface area contributed by atoms with E-state index in [-0.39, 0.29) is 24.3 Å². The van der Waals surface area contributed by atoms with Gasteiger partial charge in [-0.25, -0.2) is 0 Å². The van der Waals surface area contributed by atoms with Crippen LogP contribution in [0, 0.1) is 0 Å². The lowest BCUT2D eigenvalue weighted by Crippen LogP contribution is -2.19. The zero-order valence-corrected chi connectivity index (χ0v) is 15.2. The molecule has 0 aliphatic rings. The van der Waals surface area contributed by atoms with E-state index in [1.165, 1.54) is 0 Å². The molecule has 0 fully saturated rings. The molecule has 6 nitrogen and oxygen atoms in total. The van der Waals surface area contributed by atoms with Crippen LogP contribution < -0.4 is 15.4 Å². The van der Waals surface area contributed by atoms with Gasteiger partial charge in [-0.1, -0.05) is 0 Å². The third-order valence-corrected chi connectivity index (χ3v) is 3.73. The van der Waals surface area contributed by atoms with Gasteiger partial charge in [0.15, 0.2) is 0 Å². The molecule has 26 heavy (non-hydrogen) atoms. The Morgan fingerprint density at radius 3 is 2.12 bits per heavy atom. The van der Waals surface area contributed by atoms with Gasteiger partial charge >= 0.3 is 0 Å². The first-order chi connectivity index (χ1) is 12.5. The minimum absolute atomic E-state index is 0.133. The van der Waals surface area contributed by atoms with Gasteiger partial charge in [-0.2, -0.15) is 0 Å². The quantitative estimate of drug-likeness (QED) is 0.756. The van der Waals surface area contributed by atoms with Crippen molar-refractivity contribution in [1.29, 1.82) is 0 Å². The highest BCUT2D eigenvalue weighted by Gasteiger charge is 2.10. The Balaban J connectivity index is 1.92. The van der Waals surface area contributed by atoms with Gasteiger partial charge in [0.2, 0.25) is 5.91 Å². The first-order valence-electron chi connectivity index (χ1n) is 8.48. The van der Waals surface area contributed by atoms with Crippen LogP contribution in [0.5, 0.6) is 5.75 Å². The lowest BCUT2D eigenvalue weighted by atomic mass is 10.1. The molecule has 2 N–H and O–H groups in total. The second-order valence-electron chi connectivity index (χ2n) is 5.79. The fourth-order valence-corrected chi connectivity index (χ4v) is 2.27. The minimum atomic E-state index is -0.222. The van der Waals surface area contributed by atoms with E-state index in [2.05, 4.69) is 10.6 Å². The van der Waals surface area contributed by atoms with Crippen molar-refractivity contribution >= 4 is 23.2 Å². The zero-order chi connectivity index (χ0) is 18.9. The normalized spacial score (nSPS) is 11.5. The van der Waals surface area contributed by atoms with E-state index in [9.17, 15) is 9.59 Å². The molecule has 0 aromatic heterocycles. The van der Waals surface area contributed by atoms with Crippen molar-refractivity contribution in [2.75, 3.05) is 24.4 Å². The molecule has 0 saturated heterocycles. The number of nitrogens with one attached hydrogen (secondary N) is 2. The highest BCUT2D eigenvalue weighted by atomic mass is 16.5. The Morgan fingerprint density at radius 2 is 1.54 bits per heavy atom. The summed E-state index contributed by atoms with van der Waals surface area (Å²) in [6.07, 6.45) is 0.130. The predicted molar refractivity (Wildman–Crippen MR) is 102 cm³/mol. The van der Waals surface area contributed by atoms with Crippen molar-refractivity contribution in [2.45, 2.75) is 26.4 Å². The van der Waals surface area contributed by atoms with Gasteiger partial charge in [0, 0.05) is 24.0 Å². The van der Waals surface area contributed by atoms with E-state index in [0.717, 1.165) is 5.75 Å². The van der Waals surface area contributed by atoms with Gasteiger partial charge in [-0.3, -0.25) is 9.59 Å². The SMILES string of the molecule is CCOc1ccc(NC(=O)c2ccc(NC(=O)CC(C)OC)cc2)cc1. The van der Waals surface area contributed by atoms with Crippen LogP contribution in [0.4, 0.5) is 11.4 Å². The van der Waals surface area contributed by atoms with Crippen molar-refractivity contribution in [3.8, 4) is 5.75 Å². The summed E-state index contributed by atoms with van der Waals surface area (Å²) in [6.45, 7) is 4.34. The van der Waals surface area contributed by atoms with E-state index in [1.54, 1.807) is 55.6 Å². The van der Waals surface area contributed by atoms with Gasteiger partial charge < -0.3 is 20.1 Å². The first kappa shape index (κ1) is 19.5. The summed E-state index contributed by atoms with van der Waals surface area (Å²) in [5.41, 5.74) is 1.82. The van der Waals surface area contributed by atoms with E-state index >= 15 is 0 Å². The molecular formula is C20H24N2O4. The fraction of sp³-hybridized carbons (Fsp3) is 0.300. The topological polar surface area (TPSA) is 76.7 Å². The third kappa shape index (κ3) is 5.89. The number of amides is 2. The molecule has 0 aliphatic heterocycles. The molecule has 0 radical (unpaired) electrons. The first-order valence-corrected chi connectivity index (χ1v) is 8.48. The Bertz CT molecular complexity index is 726. The standard InChI is InChI=1S/C20H24N2O4/c1-4-26-18-11-9-17(10-12-18)22-20(24)15-5-7-16(8-6-15)21-19(23)13-14(2)25-3/h5-12,14H,4,13H2,1-3H3,(H,21,23)(H,22,24). The van der Waals surface area contributed by atoms with Crippen LogP contribution >= 0.6 is 0 Å². The monoisotopic (exact) mass is 356 g/mol. The van der Waals surface area contributed by atoms with Gasteiger partial charge in [0.05, 0.1) is 19.1 Å². The zero-order valence-electron chi connectivity index (χ0n) is 15.2. The molecule has 6 heteroatoms. The van der Waals surface area contributed by atoms with Gasteiger partial charge in [0.25, 0.3) is 5.91 Å². The number of methoxy groups -OCH3 is 1. The van der Waals surface area contributed by atoms with Gasteiger partial charge in [-0.15, -0.1) is 0 Å². The lowest BCUT2D eigenvalue weighted by Gasteiger charge is -2.10. The largest absolute Gasteiger partial charge is 0.494 e. The van der Waals surface area contributed by atoms with Crippen LogP contribution in [0.1, 0.15) is 30.6 Å². The Hall–Kier alpha value is -2.86. The molecular weight excluding hydrogens is 332 g/mol. The van der Waals surface area contributed by atoms with E-state index in [4.69, 9.17) is 9.47 Å². The van der Waals surface area contributed by atoms with Crippen LogP contribution in [0.25, 0.3) is 0 Å². The third-order valence-electron chi connectivity index (χ3n) is 3.73. The summed E-state index contributed by atoms with van der Waals surface area (Å²) in [6, 6.07) is 13.9. The highest BCUT2D eigenvalue weighted by Crippen LogP contribution is 2.17. The van der Waals surface area contributed by atoms with Crippen LogP contribution in [0.15, 0.2) is 48.5 Å². The molecule has 0 bridgehead atoms. The maximum Gasteiger partial charge on any atom is 0.255 e. The predicted octanol–water partition coefficient (Wildman–Crippen LogP) is 3.70. The second-order valence-corrected chi connectivity index (χ2v) is 5.79. The summed E-state index contributed by atoms with van der Waals surface area (Å²) >= 11 is 0. The summed E-state index contributed by atoms with van der Waals surface area (Å²) in [5, 5.41) is 5.60. The van der Waals surface area contributed by atoms with E-state index in [0.29, 0.717) is 23.5 Å². The lowest BCUT2D eigenvalue weighted by molar-refractivity contribution is -0.118. The maximum absolute atomic E-state index is 12.3. The Labute approximate surface area is 153 Å². The molecule has 1 unspecified atom stereocenters. The van der Waals surface area contributed by atoms with Crippen molar-refractivity contribution in [3.63, 3.8) is 0 Å². The minimum Gasteiger partial charge on any atom is -0.494 e. The fourth-order valence-electron chi connectivity index (χ4n) is 2.27. The highest BCUT2D eigenvalue weighted by molar-refractivity contribution is 6.04. The second kappa shape index (κ2) is 9.58. The molecule has 0 heterocycles. The van der Waals surface area contributed by atoms with Crippen molar-refractivity contribution in [2.24, 2.45) is 0 Å². The summed E-state index contributed by atoms with van der Waals surface area (Å²) in [4.78, 5) is 24.1. The van der Waals surface area contributed by atoms with Gasteiger partial charge in [0.1, 0.15) is 5.75 Å². The number of benzene rings is 2. The van der Waals surface area contributed by atoms with Crippen LogP contribution in [-0.4, -0.2) is 31.6 Å². The number of carbonyl (C=O) groups is 2. The van der Waals surface area contributed by atoms with E-state index in [1.807, 2.05) is 13.8 Å². The number of rotatable bonds is 8. The number of ether oxygens (including phenoxy) is 2. The number of carbonyl (C=O) groups excluding carboxylic acids is 2. The molecule has 2 rings (SSSR count). The smallest absolute Gasteiger partial charge is 0.255 e. The van der Waals surface area contributed by atoms with Crippen molar-refractivity contribution < 1.29 is 19.1 Å². The van der Waals surface area contributed by atoms with Crippen LogP contribution in [0.2, 0.25) is 0 Å². The molecule has 0 spiro atoms. The molecule has 0 aliphatic carbocycles. The van der Waals surface area contributed by atoms with Crippen molar-refractivity contribution in [3.05, 3.63) is 54.1 Å². The average molecular weight is 356 g/mol. The Kier molecular flexibility index (Phi) is 7.17. The van der Waals surface area contributed by atoms with E-state index < -0.39 is 0 Å². The average Bonchev–Trinajstić information content (AvgIpc) is 2.64.